The van der Waals surface area contributed by atoms with Gasteiger partial charge in [-0.1, -0.05) is 0 Å². The van der Waals surface area contributed by atoms with Crippen LogP contribution in [0.4, 0.5) is 0 Å². The van der Waals surface area contributed by atoms with Crippen LogP contribution in [0, 0.1) is 0 Å². The maximum absolute atomic E-state index is 2.25. The molecule has 0 bridgehead atoms. The maximum atomic E-state index is 2.25. The molecule has 0 amide bonds. The van der Waals surface area contributed by atoms with Crippen LogP contribution in [-0.2, 0) is 31.0 Å². The predicted molar refractivity (Wildman–Crippen MR) is 19.7 cm³/mol. The number of rotatable bonds is 0. The van der Waals surface area contributed by atoms with Crippen LogP contribution in [0.15, 0.2) is 0 Å². The SMILES string of the molecule is C[C](C)(C)[Y]. The molecule has 0 spiro atoms. The number of hydrogen-bond donors (Lipinski definition) is 0. The van der Waals surface area contributed by atoms with Gasteiger partial charge in [-0.2, -0.15) is 0 Å². The molecular formula is C4H9Y. The van der Waals surface area contributed by atoms with Crippen LogP contribution in [0.1, 0.15) is 20.8 Å². The van der Waals surface area contributed by atoms with E-state index >= 15 is 0 Å². The van der Waals surface area contributed by atoms with E-state index in [4.69, 9.17) is 0 Å². The van der Waals surface area contributed by atoms with Crippen molar-refractivity contribution in [2.24, 2.45) is 0 Å². The first kappa shape index (κ1) is 6.10. The molecule has 0 heterocycles. The Bertz CT molecular complexity index is 19.1. The third kappa shape index (κ3) is 40.4. The van der Waals surface area contributed by atoms with E-state index in [0.29, 0.717) is 2.23 Å². The van der Waals surface area contributed by atoms with Gasteiger partial charge in [0.2, 0.25) is 0 Å². The summed E-state index contributed by atoms with van der Waals surface area (Å²) in [5.41, 5.74) is 0. The fourth-order valence-corrected chi connectivity index (χ4v) is 0. The van der Waals surface area contributed by atoms with Gasteiger partial charge in [-0.15, -0.1) is 0 Å². The van der Waals surface area contributed by atoms with E-state index in [1.54, 1.807) is 0 Å². The van der Waals surface area contributed by atoms with Crippen molar-refractivity contribution in [3.63, 3.8) is 0 Å². The molecule has 0 rings (SSSR count). The average molecular weight is 146 g/mol. The first-order valence-corrected chi connectivity index (χ1v) is 3.21. The van der Waals surface area contributed by atoms with Crippen molar-refractivity contribution < 1.29 is 31.0 Å². The van der Waals surface area contributed by atoms with Crippen molar-refractivity contribution in [2.45, 2.75) is 23.0 Å². The molecule has 0 aliphatic rings. The molecule has 0 saturated carbocycles. The molecule has 0 fully saturated rings. The zero-order chi connectivity index (χ0) is 4.50. The minimum atomic E-state index is 0.630. The Balaban J connectivity index is 3.02. The Hall–Kier alpha value is 1.10. The molecule has 5 heavy (non-hydrogen) atoms. The van der Waals surface area contributed by atoms with Crippen molar-refractivity contribution >= 4 is 0 Å². The molecule has 0 aliphatic heterocycles. The van der Waals surface area contributed by atoms with E-state index in [9.17, 15) is 0 Å². The van der Waals surface area contributed by atoms with Gasteiger partial charge in [0, 0.05) is 0 Å². The summed E-state index contributed by atoms with van der Waals surface area (Å²) in [5, 5.41) is 0. The van der Waals surface area contributed by atoms with Gasteiger partial charge in [-0.05, 0) is 0 Å². The van der Waals surface area contributed by atoms with Crippen LogP contribution >= 0.6 is 0 Å². The molecule has 0 aromatic heterocycles. The molecule has 0 aliphatic carbocycles. The van der Waals surface area contributed by atoms with Crippen molar-refractivity contribution in [1.29, 1.82) is 0 Å². The zero-order valence-corrected chi connectivity index (χ0v) is 6.92. The standard InChI is InChI=1S/C4H9.Y/c1-4(2)3;/h1-3H3;. The van der Waals surface area contributed by atoms with Crippen molar-refractivity contribution in [2.75, 3.05) is 0 Å². The van der Waals surface area contributed by atoms with Gasteiger partial charge in [0.1, 0.15) is 0 Å². The molecule has 0 atom stereocenters. The summed E-state index contributed by atoms with van der Waals surface area (Å²) >= 11 is 1.36. The molecule has 0 saturated heterocycles. The second-order valence-electron chi connectivity index (χ2n) is 2.37. The first-order chi connectivity index (χ1) is 2.00. The van der Waals surface area contributed by atoms with Crippen LogP contribution in [0.3, 0.4) is 0 Å². The Morgan fingerprint density at radius 2 is 1.20 bits per heavy atom. The van der Waals surface area contributed by atoms with Crippen LogP contribution < -0.4 is 0 Å². The molecule has 28 valence electrons. The van der Waals surface area contributed by atoms with E-state index < -0.39 is 0 Å². The quantitative estimate of drug-likeness (QED) is 0.488. The average Bonchev–Trinajstić information content (AvgIpc) is 0.722. The van der Waals surface area contributed by atoms with Crippen molar-refractivity contribution in [1.82, 2.24) is 0 Å². The van der Waals surface area contributed by atoms with Gasteiger partial charge in [-0.3, -0.25) is 0 Å². The van der Waals surface area contributed by atoms with E-state index in [0.717, 1.165) is 0 Å². The van der Waals surface area contributed by atoms with Crippen LogP contribution in [0.5, 0.6) is 0 Å². The summed E-state index contributed by atoms with van der Waals surface area (Å²) in [5.74, 6) is 0. The van der Waals surface area contributed by atoms with E-state index in [-0.39, 0.29) is 0 Å². The molecule has 1 heteroatoms. The summed E-state index contributed by atoms with van der Waals surface area (Å²) in [7, 11) is 0. The Morgan fingerprint density at radius 1 is 1.20 bits per heavy atom. The summed E-state index contributed by atoms with van der Waals surface area (Å²) in [4.78, 5) is 0. The molecule has 0 unspecified atom stereocenters. The van der Waals surface area contributed by atoms with Crippen molar-refractivity contribution in [3.8, 4) is 0 Å². The minimum absolute atomic E-state index is 0.630. The fraction of sp³-hybridized carbons (Fsp3) is 1.00. The van der Waals surface area contributed by atoms with Crippen molar-refractivity contribution in [3.05, 3.63) is 0 Å². The molecule has 0 nitrogen and oxygen atoms in total. The predicted octanol–water partition coefficient (Wildman–Crippen LogP) is 1.75. The Kier molecular flexibility index (Phi) is 2.08. The van der Waals surface area contributed by atoms with Crippen LogP contribution in [0.25, 0.3) is 0 Å². The summed E-state index contributed by atoms with van der Waals surface area (Å²) in [6.45, 7) is 6.74. The van der Waals surface area contributed by atoms with E-state index in [1.165, 1.54) is 31.0 Å². The van der Waals surface area contributed by atoms with Gasteiger partial charge in [0.05, 0.1) is 0 Å². The topological polar surface area (TPSA) is 0 Å². The monoisotopic (exact) mass is 146 g/mol. The fourth-order valence-electron chi connectivity index (χ4n) is 0. The second kappa shape index (κ2) is 1.70. The van der Waals surface area contributed by atoms with E-state index in [1.807, 2.05) is 0 Å². The summed E-state index contributed by atoms with van der Waals surface area (Å²) < 4.78 is 0.630. The molecular weight excluding hydrogens is 137 g/mol. The normalized spacial score (nSPS) is 11.6. The van der Waals surface area contributed by atoms with Gasteiger partial charge in [0.15, 0.2) is 0 Å². The molecule has 0 aromatic rings. The van der Waals surface area contributed by atoms with Crippen LogP contribution in [-0.4, -0.2) is 0 Å². The third-order valence-electron chi connectivity index (χ3n) is 0. The zero-order valence-electron chi connectivity index (χ0n) is 4.08. The summed E-state index contributed by atoms with van der Waals surface area (Å²) in [6, 6.07) is 0. The Labute approximate surface area is 53.8 Å². The van der Waals surface area contributed by atoms with Gasteiger partial charge >= 0.3 is 54.0 Å². The van der Waals surface area contributed by atoms with Gasteiger partial charge in [0.25, 0.3) is 0 Å². The number of hydrogen-bond acceptors (Lipinski definition) is 0. The molecule has 0 aromatic carbocycles. The van der Waals surface area contributed by atoms with Gasteiger partial charge in [-0.25, -0.2) is 0 Å². The van der Waals surface area contributed by atoms with Gasteiger partial charge < -0.3 is 0 Å². The first-order valence-electron chi connectivity index (χ1n) is 1.79. The Morgan fingerprint density at radius 3 is 1.20 bits per heavy atom. The third-order valence-corrected chi connectivity index (χ3v) is 0. The van der Waals surface area contributed by atoms with E-state index in [2.05, 4.69) is 20.8 Å². The molecule has 0 N–H and O–H groups in total. The summed E-state index contributed by atoms with van der Waals surface area (Å²) in [6.07, 6.45) is 0. The van der Waals surface area contributed by atoms with Crippen LogP contribution in [0.2, 0.25) is 2.23 Å². The molecule has 0 radical (unpaired) electrons. The second-order valence-corrected chi connectivity index (χ2v) is 6.62.